The van der Waals surface area contributed by atoms with Crippen LogP contribution < -0.4 is 0 Å². The summed E-state index contributed by atoms with van der Waals surface area (Å²) in [7, 11) is 0. The fourth-order valence-corrected chi connectivity index (χ4v) is 1.72. The lowest BCUT2D eigenvalue weighted by Crippen LogP contribution is -2.01. The van der Waals surface area contributed by atoms with E-state index in [0.717, 1.165) is 10.9 Å². The van der Waals surface area contributed by atoms with Gasteiger partial charge in [-0.05, 0) is 6.07 Å². The SMILES string of the molecule is O=C(O)c1cnc2c(cnc3ccccc32)n1. The third kappa shape index (κ3) is 1.48. The van der Waals surface area contributed by atoms with Crippen molar-refractivity contribution in [1.29, 1.82) is 0 Å². The van der Waals surface area contributed by atoms with E-state index in [9.17, 15) is 4.79 Å². The van der Waals surface area contributed by atoms with E-state index >= 15 is 0 Å². The summed E-state index contributed by atoms with van der Waals surface area (Å²) in [4.78, 5) is 23.1. The first kappa shape index (κ1) is 9.65. The lowest BCUT2D eigenvalue weighted by atomic mass is 10.2. The number of carboxylic acids is 1. The van der Waals surface area contributed by atoms with Crippen LogP contribution in [0.15, 0.2) is 36.7 Å². The van der Waals surface area contributed by atoms with Crippen molar-refractivity contribution in [2.75, 3.05) is 0 Å². The number of hydrogen-bond acceptors (Lipinski definition) is 4. The number of para-hydroxylation sites is 1. The molecule has 0 fully saturated rings. The highest BCUT2D eigenvalue weighted by molar-refractivity contribution is 6.02. The van der Waals surface area contributed by atoms with E-state index in [-0.39, 0.29) is 5.69 Å². The Kier molecular flexibility index (Phi) is 1.98. The average molecular weight is 225 g/mol. The van der Waals surface area contributed by atoms with Gasteiger partial charge in [0.25, 0.3) is 0 Å². The van der Waals surface area contributed by atoms with Crippen molar-refractivity contribution in [2.45, 2.75) is 0 Å². The Morgan fingerprint density at radius 3 is 2.71 bits per heavy atom. The van der Waals surface area contributed by atoms with Crippen molar-refractivity contribution >= 4 is 27.9 Å². The summed E-state index contributed by atoms with van der Waals surface area (Å²) < 4.78 is 0. The van der Waals surface area contributed by atoms with Crippen LogP contribution in [0.4, 0.5) is 0 Å². The Labute approximate surface area is 95.8 Å². The van der Waals surface area contributed by atoms with Crippen LogP contribution in [0.2, 0.25) is 0 Å². The summed E-state index contributed by atoms with van der Waals surface area (Å²) in [6.45, 7) is 0. The van der Waals surface area contributed by atoms with E-state index in [1.165, 1.54) is 12.4 Å². The van der Waals surface area contributed by atoms with Gasteiger partial charge in [-0.2, -0.15) is 0 Å². The molecule has 0 atom stereocenters. The van der Waals surface area contributed by atoms with Gasteiger partial charge in [-0.25, -0.2) is 9.78 Å². The Bertz CT molecular complexity index is 740. The zero-order chi connectivity index (χ0) is 11.8. The molecule has 2 heterocycles. The highest BCUT2D eigenvalue weighted by Crippen LogP contribution is 2.19. The molecule has 5 heteroatoms. The molecule has 2 aromatic heterocycles. The van der Waals surface area contributed by atoms with Gasteiger partial charge in [0, 0.05) is 5.39 Å². The van der Waals surface area contributed by atoms with Crippen LogP contribution in [-0.2, 0) is 0 Å². The highest BCUT2D eigenvalue weighted by Gasteiger charge is 2.08. The first-order valence-corrected chi connectivity index (χ1v) is 4.99. The number of rotatable bonds is 1. The molecule has 0 unspecified atom stereocenters. The maximum absolute atomic E-state index is 10.8. The normalized spacial score (nSPS) is 10.8. The van der Waals surface area contributed by atoms with Crippen molar-refractivity contribution in [1.82, 2.24) is 15.0 Å². The molecule has 0 bridgehead atoms. The Hall–Kier alpha value is -2.56. The second-order valence-electron chi connectivity index (χ2n) is 3.57. The van der Waals surface area contributed by atoms with E-state index in [1.54, 1.807) is 0 Å². The molecule has 0 aliphatic rings. The smallest absolute Gasteiger partial charge is 0.356 e. The van der Waals surface area contributed by atoms with Crippen LogP contribution in [-0.4, -0.2) is 26.0 Å². The third-order valence-corrected chi connectivity index (χ3v) is 2.50. The highest BCUT2D eigenvalue weighted by atomic mass is 16.4. The van der Waals surface area contributed by atoms with E-state index in [0.29, 0.717) is 11.0 Å². The molecule has 0 radical (unpaired) electrons. The molecule has 17 heavy (non-hydrogen) atoms. The van der Waals surface area contributed by atoms with Crippen molar-refractivity contribution in [3.05, 3.63) is 42.4 Å². The zero-order valence-electron chi connectivity index (χ0n) is 8.66. The van der Waals surface area contributed by atoms with Gasteiger partial charge < -0.3 is 5.11 Å². The number of aromatic carboxylic acids is 1. The van der Waals surface area contributed by atoms with E-state index in [2.05, 4.69) is 15.0 Å². The second kappa shape index (κ2) is 3.48. The van der Waals surface area contributed by atoms with Crippen LogP contribution >= 0.6 is 0 Å². The number of aromatic nitrogens is 3. The summed E-state index contributed by atoms with van der Waals surface area (Å²) in [5.74, 6) is -1.09. The number of benzene rings is 1. The fourth-order valence-electron chi connectivity index (χ4n) is 1.72. The van der Waals surface area contributed by atoms with E-state index in [4.69, 9.17) is 5.11 Å². The van der Waals surface area contributed by atoms with Crippen molar-refractivity contribution in [3.8, 4) is 0 Å². The topological polar surface area (TPSA) is 76.0 Å². The Morgan fingerprint density at radius 1 is 1.06 bits per heavy atom. The molecule has 3 aromatic rings. The summed E-state index contributed by atoms with van der Waals surface area (Å²) in [5, 5.41) is 9.70. The predicted octanol–water partition coefficient (Wildman–Crippen LogP) is 1.88. The minimum atomic E-state index is -1.09. The summed E-state index contributed by atoms with van der Waals surface area (Å²) in [5.41, 5.74) is 1.90. The van der Waals surface area contributed by atoms with Crippen LogP contribution in [0.5, 0.6) is 0 Å². The molecule has 0 saturated carbocycles. The number of hydrogen-bond donors (Lipinski definition) is 1. The first-order chi connectivity index (χ1) is 8.25. The van der Waals surface area contributed by atoms with Gasteiger partial charge >= 0.3 is 5.97 Å². The van der Waals surface area contributed by atoms with E-state index in [1.807, 2.05) is 24.3 Å². The minimum absolute atomic E-state index is 0.0745. The maximum Gasteiger partial charge on any atom is 0.356 e. The molecular weight excluding hydrogens is 218 g/mol. The van der Waals surface area contributed by atoms with Crippen LogP contribution in [0.3, 0.4) is 0 Å². The molecule has 1 aromatic carbocycles. The number of pyridine rings is 1. The minimum Gasteiger partial charge on any atom is -0.476 e. The van der Waals surface area contributed by atoms with Crippen molar-refractivity contribution in [3.63, 3.8) is 0 Å². The molecule has 0 aliphatic carbocycles. The van der Waals surface area contributed by atoms with Gasteiger partial charge in [-0.3, -0.25) is 9.97 Å². The number of carbonyl (C=O) groups is 1. The quantitative estimate of drug-likeness (QED) is 0.640. The lowest BCUT2D eigenvalue weighted by Gasteiger charge is -2.01. The molecule has 0 spiro atoms. The van der Waals surface area contributed by atoms with Crippen LogP contribution in [0.25, 0.3) is 21.9 Å². The maximum atomic E-state index is 10.8. The first-order valence-electron chi connectivity index (χ1n) is 4.99. The standard InChI is InChI=1S/C12H7N3O2/c16-12(17)10-6-14-11-7-3-1-2-4-8(7)13-5-9(11)15-10/h1-6H,(H,16,17). The van der Waals surface area contributed by atoms with Gasteiger partial charge in [0.15, 0.2) is 5.69 Å². The largest absolute Gasteiger partial charge is 0.476 e. The van der Waals surface area contributed by atoms with E-state index < -0.39 is 5.97 Å². The van der Waals surface area contributed by atoms with Gasteiger partial charge in [-0.1, -0.05) is 18.2 Å². The average Bonchev–Trinajstić information content (AvgIpc) is 2.38. The second-order valence-corrected chi connectivity index (χ2v) is 3.57. The summed E-state index contributed by atoms with van der Waals surface area (Å²) >= 11 is 0. The van der Waals surface area contributed by atoms with Crippen molar-refractivity contribution in [2.24, 2.45) is 0 Å². The van der Waals surface area contributed by atoms with Gasteiger partial charge in [0.2, 0.25) is 0 Å². The molecule has 0 amide bonds. The molecule has 0 aliphatic heterocycles. The Morgan fingerprint density at radius 2 is 1.88 bits per heavy atom. The third-order valence-electron chi connectivity index (χ3n) is 2.50. The molecular formula is C12H7N3O2. The zero-order valence-corrected chi connectivity index (χ0v) is 8.66. The summed E-state index contributed by atoms with van der Waals surface area (Å²) in [6.07, 6.45) is 2.80. The van der Waals surface area contributed by atoms with Gasteiger partial charge in [0.1, 0.15) is 5.52 Å². The monoisotopic (exact) mass is 225 g/mol. The van der Waals surface area contributed by atoms with Gasteiger partial charge in [0.05, 0.1) is 23.4 Å². The van der Waals surface area contributed by atoms with Crippen LogP contribution in [0.1, 0.15) is 10.5 Å². The molecule has 3 rings (SSSR count). The molecule has 82 valence electrons. The molecule has 0 saturated heterocycles. The fraction of sp³-hybridized carbons (Fsp3) is 0. The Balaban J connectivity index is 2.41. The molecule has 1 N–H and O–H groups in total. The summed E-state index contributed by atoms with van der Waals surface area (Å²) in [6, 6.07) is 7.54. The van der Waals surface area contributed by atoms with Gasteiger partial charge in [-0.15, -0.1) is 0 Å². The predicted molar refractivity (Wildman–Crippen MR) is 61.8 cm³/mol. The van der Waals surface area contributed by atoms with Crippen molar-refractivity contribution < 1.29 is 9.90 Å². The number of nitrogens with zero attached hydrogens (tertiary/aromatic N) is 3. The lowest BCUT2D eigenvalue weighted by molar-refractivity contribution is 0.0690. The number of carboxylic acid groups (broad SMARTS) is 1. The number of fused-ring (bicyclic) bond motifs is 3. The molecule has 5 nitrogen and oxygen atoms in total. The van der Waals surface area contributed by atoms with Crippen LogP contribution in [0, 0.1) is 0 Å².